The fourth-order valence-corrected chi connectivity index (χ4v) is 3.86. The number of hydrogen-bond acceptors (Lipinski definition) is 4. The number of benzene rings is 3. The van der Waals surface area contributed by atoms with Crippen molar-refractivity contribution in [1.82, 2.24) is 4.90 Å². The molecule has 0 saturated carbocycles. The number of nitrogens with zero attached hydrogens (tertiary/aromatic N) is 1. The summed E-state index contributed by atoms with van der Waals surface area (Å²) < 4.78 is 11.2. The SMILES string of the molecule is COc1ccc(C(=O)c2ccc(OCCN3CCCC3)cc2)c(-c2ccccc2)c1. The molecule has 1 heterocycles. The summed E-state index contributed by atoms with van der Waals surface area (Å²) >= 11 is 0. The van der Waals surface area contributed by atoms with Crippen LogP contribution in [0.25, 0.3) is 11.1 Å². The van der Waals surface area contributed by atoms with Gasteiger partial charge in [-0.15, -0.1) is 0 Å². The normalized spacial score (nSPS) is 13.9. The van der Waals surface area contributed by atoms with E-state index in [4.69, 9.17) is 9.47 Å². The maximum absolute atomic E-state index is 13.3. The van der Waals surface area contributed by atoms with Crippen LogP contribution in [0, 0.1) is 0 Å². The Labute approximate surface area is 178 Å². The largest absolute Gasteiger partial charge is 0.497 e. The Balaban J connectivity index is 1.50. The first-order valence-corrected chi connectivity index (χ1v) is 10.5. The van der Waals surface area contributed by atoms with Gasteiger partial charge in [0.05, 0.1) is 7.11 Å². The minimum absolute atomic E-state index is 0.0138. The van der Waals surface area contributed by atoms with Gasteiger partial charge < -0.3 is 9.47 Å². The van der Waals surface area contributed by atoms with Crippen molar-refractivity contribution in [2.45, 2.75) is 12.8 Å². The fourth-order valence-electron chi connectivity index (χ4n) is 3.86. The van der Waals surface area contributed by atoms with Gasteiger partial charge in [-0.1, -0.05) is 30.3 Å². The van der Waals surface area contributed by atoms with Crippen LogP contribution in [0.4, 0.5) is 0 Å². The summed E-state index contributed by atoms with van der Waals surface area (Å²) in [7, 11) is 1.63. The third-order valence-electron chi connectivity index (χ3n) is 5.55. The smallest absolute Gasteiger partial charge is 0.193 e. The molecule has 1 aliphatic heterocycles. The van der Waals surface area contributed by atoms with Crippen LogP contribution in [0.3, 0.4) is 0 Å². The molecule has 4 nitrogen and oxygen atoms in total. The van der Waals surface area contributed by atoms with Crippen LogP contribution in [0.2, 0.25) is 0 Å². The molecule has 4 rings (SSSR count). The topological polar surface area (TPSA) is 38.8 Å². The number of ether oxygens (including phenoxy) is 2. The summed E-state index contributed by atoms with van der Waals surface area (Å²) in [5.41, 5.74) is 3.15. The van der Waals surface area contributed by atoms with E-state index in [1.165, 1.54) is 25.9 Å². The highest BCUT2D eigenvalue weighted by Crippen LogP contribution is 2.30. The quantitative estimate of drug-likeness (QED) is 0.494. The highest BCUT2D eigenvalue weighted by molar-refractivity contribution is 6.13. The molecule has 0 aliphatic carbocycles. The molecule has 0 atom stereocenters. The van der Waals surface area contributed by atoms with Gasteiger partial charge >= 0.3 is 0 Å². The molecule has 154 valence electrons. The highest BCUT2D eigenvalue weighted by atomic mass is 16.5. The van der Waals surface area contributed by atoms with Crippen molar-refractivity contribution < 1.29 is 14.3 Å². The van der Waals surface area contributed by atoms with E-state index in [-0.39, 0.29) is 5.78 Å². The van der Waals surface area contributed by atoms with E-state index in [1.54, 1.807) is 7.11 Å². The van der Waals surface area contributed by atoms with Crippen LogP contribution in [0.5, 0.6) is 11.5 Å². The number of rotatable bonds is 8. The molecule has 0 N–H and O–H groups in total. The van der Waals surface area contributed by atoms with Crippen molar-refractivity contribution in [2.24, 2.45) is 0 Å². The second-order valence-corrected chi connectivity index (χ2v) is 7.53. The fraction of sp³-hybridized carbons (Fsp3) is 0.269. The van der Waals surface area contributed by atoms with Crippen LogP contribution >= 0.6 is 0 Å². The molecular formula is C26H27NO3. The zero-order chi connectivity index (χ0) is 20.8. The lowest BCUT2D eigenvalue weighted by atomic mass is 9.93. The van der Waals surface area contributed by atoms with Crippen LogP contribution in [-0.4, -0.2) is 44.0 Å². The maximum Gasteiger partial charge on any atom is 0.193 e. The molecule has 30 heavy (non-hydrogen) atoms. The monoisotopic (exact) mass is 401 g/mol. The predicted molar refractivity (Wildman–Crippen MR) is 119 cm³/mol. The Morgan fingerprint density at radius 3 is 2.30 bits per heavy atom. The molecule has 1 saturated heterocycles. The van der Waals surface area contributed by atoms with Crippen LogP contribution in [-0.2, 0) is 0 Å². The van der Waals surface area contributed by atoms with Gasteiger partial charge in [0.25, 0.3) is 0 Å². The molecule has 1 fully saturated rings. The number of carbonyl (C=O) groups excluding carboxylic acids is 1. The van der Waals surface area contributed by atoms with E-state index < -0.39 is 0 Å². The van der Waals surface area contributed by atoms with Crippen LogP contribution < -0.4 is 9.47 Å². The zero-order valence-corrected chi connectivity index (χ0v) is 17.3. The average Bonchev–Trinajstić information content (AvgIpc) is 3.33. The number of methoxy groups -OCH3 is 1. The van der Waals surface area contributed by atoms with Crippen molar-refractivity contribution in [3.05, 3.63) is 83.9 Å². The van der Waals surface area contributed by atoms with Crippen LogP contribution in [0.15, 0.2) is 72.8 Å². The third kappa shape index (κ3) is 4.71. The lowest BCUT2D eigenvalue weighted by Gasteiger charge is -2.15. The van der Waals surface area contributed by atoms with E-state index in [0.29, 0.717) is 17.7 Å². The van der Waals surface area contributed by atoms with Crippen molar-refractivity contribution in [2.75, 3.05) is 33.4 Å². The van der Waals surface area contributed by atoms with Gasteiger partial charge in [-0.3, -0.25) is 9.69 Å². The van der Waals surface area contributed by atoms with Crippen LogP contribution in [0.1, 0.15) is 28.8 Å². The molecule has 0 spiro atoms. The Kier molecular flexibility index (Phi) is 6.45. The predicted octanol–water partition coefficient (Wildman–Crippen LogP) is 5.07. The van der Waals surface area contributed by atoms with Crippen molar-refractivity contribution >= 4 is 5.78 Å². The summed E-state index contributed by atoms with van der Waals surface area (Å²) in [6.07, 6.45) is 2.57. The lowest BCUT2D eigenvalue weighted by molar-refractivity contribution is 0.103. The average molecular weight is 402 g/mol. The number of likely N-dealkylation sites (tertiary alicyclic amines) is 1. The first kappa shape index (κ1) is 20.2. The van der Waals surface area contributed by atoms with Gasteiger partial charge in [-0.2, -0.15) is 0 Å². The minimum Gasteiger partial charge on any atom is -0.497 e. The van der Waals surface area contributed by atoms with E-state index in [1.807, 2.05) is 72.8 Å². The Hall–Kier alpha value is -3.11. The van der Waals surface area contributed by atoms with E-state index >= 15 is 0 Å². The van der Waals surface area contributed by atoms with E-state index in [2.05, 4.69) is 4.90 Å². The summed E-state index contributed by atoms with van der Waals surface area (Å²) in [5.74, 6) is 1.51. The van der Waals surface area contributed by atoms with Gasteiger partial charge in [-0.25, -0.2) is 0 Å². The lowest BCUT2D eigenvalue weighted by Crippen LogP contribution is -2.25. The van der Waals surface area contributed by atoms with E-state index in [0.717, 1.165) is 29.2 Å². The van der Waals surface area contributed by atoms with Gasteiger partial charge in [0.15, 0.2) is 5.78 Å². The van der Waals surface area contributed by atoms with E-state index in [9.17, 15) is 4.79 Å². The summed E-state index contributed by atoms with van der Waals surface area (Å²) in [6, 6.07) is 22.9. The molecule has 1 aliphatic rings. The molecule has 4 heteroatoms. The Bertz CT molecular complexity index is 977. The Morgan fingerprint density at radius 1 is 0.900 bits per heavy atom. The third-order valence-corrected chi connectivity index (χ3v) is 5.55. The van der Waals surface area contributed by atoms with Gasteiger partial charge in [0, 0.05) is 17.7 Å². The van der Waals surface area contributed by atoms with Crippen molar-refractivity contribution in [1.29, 1.82) is 0 Å². The standard InChI is InChI=1S/C26H27NO3/c1-29-23-13-14-24(25(19-23)20-7-3-2-4-8-20)26(28)21-9-11-22(12-10-21)30-18-17-27-15-5-6-16-27/h2-4,7-14,19H,5-6,15-18H2,1H3. The number of hydrogen-bond donors (Lipinski definition) is 0. The summed E-state index contributed by atoms with van der Waals surface area (Å²) in [4.78, 5) is 15.7. The Morgan fingerprint density at radius 2 is 1.60 bits per heavy atom. The molecular weight excluding hydrogens is 374 g/mol. The molecule has 0 aromatic heterocycles. The second-order valence-electron chi connectivity index (χ2n) is 7.53. The summed E-state index contributed by atoms with van der Waals surface area (Å²) in [6.45, 7) is 3.96. The van der Waals surface area contributed by atoms with Gasteiger partial charge in [0.2, 0.25) is 0 Å². The molecule has 0 radical (unpaired) electrons. The molecule has 3 aromatic rings. The highest BCUT2D eigenvalue weighted by Gasteiger charge is 2.16. The van der Waals surface area contributed by atoms with Crippen molar-refractivity contribution in [3.63, 3.8) is 0 Å². The molecule has 0 bridgehead atoms. The first-order valence-electron chi connectivity index (χ1n) is 10.5. The maximum atomic E-state index is 13.3. The van der Waals surface area contributed by atoms with Gasteiger partial charge in [0.1, 0.15) is 18.1 Å². The molecule has 3 aromatic carbocycles. The van der Waals surface area contributed by atoms with Crippen molar-refractivity contribution in [3.8, 4) is 22.6 Å². The minimum atomic E-state index is -0.0138. The van der Waals surface area contributed by atoms with Gasteiger partial charge in [-0.05, 0) is 79.5 Å². The second kappa shape index (κ2) is 9.59. The summed E-state index contributed by atoms with van der Waals surface area (Å²) in [5, 5.41) is 0. The zero-order valence-electron chi connectivity index (χ0n) is 17.3. The number of ketones is 1. The molecule has 0 unspecified atom stereocenters. The first-order chi connectivity index (χ1) is 14.7. The molecule has 0 amide bonds. The number of carbonyl (C=O) groups is 1.